The molecule has 1 N–H and O–H groups in total. The fourth-order valence-electron chi connectivity index (χ4n) is 2.00. The minimum Gasteiger partial charge on any atom is -0.496 e. The van der Waals surface area contributed by atoms with Crippen molar-refractivity contribution in [1.82, 2.24) is 5.32 Å². The highest BCUT2D eigenvalue weighted by molar-refractivity contribution is 8.00. The first-order valence-electron chi connectivity index (χ1n) is 6.95. The van der Waals surface area contributed by atoms with Gasteiger partial charge in [0.1, 0.15) is 11.8 Å². The highest BCUT2D eigenvalue weighted by atomic mass is 32.2. The molecular weight excluding hydrogens is 334 g/mol. The molecule has 0 aliphatic rings. The van der Waals surface area contributed by atoms with Crippen molar-refractivity contribution in [2.24, 2.45) is 0 Å². The molecule has 0 saturated carbocycles. The molecule has 0 unspecified atom stereocenters. The van der Waals surface area contributed by atoms with Crippen LogP contribution in [0.1, 0.15) is 11.6 Å². The lowest BCUT2D eigenvalue weighted by Crippen LogP contribution is -2.29. The van der Waals surface area contributed by atoms with Crippen LogP contribution in [-0.4, -0.2) is 18.8 Å². The normalized spacial score (nSPS) is 11.4. The molecule has 0 aliphatic carbocycles. The molecule has 2 rings (SSSR count). The van der Waals surface area contributed by atoms with Crippen molar-refractivity contribution < 1.29 is 18.3 Å². The van der Waals surface area contributed by atoms with Gasteiger partial charge in [0.2, 0.25) is 5.91 Å². The zero-order chi connectivity index (χ0) is 17.5. The number of carbonyl (C=O) groups is 1. The summed E-state index contributed by atoms with van der Waals surface area (Å²) < 4.78 is 31.2. The maximum absolute atomic E-state index is 13.1. The van der Waals surface area contributed by atoms with Crippen LogP contribution in [-0.2, 0) is 4.79 Å². The van der Waals surface area contributed by atoms with E-state index in [4.69, 9.17) is 4.74 Å². The predicted molar refractivity (Wildman–Crippen MR) is 86.6 cm³/mol. The summed E-state index contributed by atoms with van der Waals surface area (Å²) in [5.74, 6) is -1.84. The number of para-hydroxylation sites is 1. The lowest BCUT2D eigenvalue weighted by atomic mass is 10.1. The Labute approximate surface area is 142 Å². The van der Waals surface area contributed by atoms with Gasteiger partial charge >= 0.3 is 0 Å². The van der Waals surface area contributed by atoms with E-state index in [2.05, 4.69) is 5.32 Å². The molecule has 0 aromatic heterocycles. The molecule has 0 fully saturated rings. The number of nitriles is 1. The van der Waals surface area contributed by atoms with Crippen LogP contribution < -0.4 is 10.1 Å². The molecule has 0 bridgehead atoms. The first kappa shape index (κ1) is 17.8. The second kappa shape index (κ2) is 8.31. The molecule has 2 aromatic rings. The lowest BCUT2D eigenvalue weighted by Gasteiger charge is -2.15. The maximum atomic E-state index is 13.1. The van der Waals surface area contributed by atoms with Crippen molar-refractivity contribution in [3.8, 4) is 11.8 Å². The predicted octanol–water partition coefficient (Wildman–Crippen LogP) is 3.45. The number of nitrogens with one attached hydrogen (secondary N) is 1. The number of benzene rings is 2. The van der Waals surface area contributed by atoms with Gasteiger partial charge in [-0.1, -0.05) is 18.2 Å². The molecule has 2 aromatic carbocycles. The van der Waals surface area contributed by atoms with Gasteiger partial charge in [-0.15, -0.1) is 11.8 Å². The second-order valence-electron chi connectivity index (χ2n) is 4.74. The number of thioether (sulfide) groups is 1. The van der Waals surface area contributed by atoms with Crippen LogP contribution in [0.3, 0.4) is 0 Å². The highest BCUT2D eigenvalue weighted by Crippen LogP contribution is 2.25. The summed E-state index contributed by atoms with van der Waals surface area (Å²) in [7, 11) is 1.48. The zero-order valence-corrected chi connectivity index (χ0v) is 13.6. The van der Waals surface area contributed by atoms with Crippen molar-refractivity contribution >= 4 is 17.7 Å². The first-order chi connectivity index (χ1) is 11.5. The number of amides is 1. The third-order valence-corrected chi connectivity index (χ3v) is 4.14. The van der Waals surface area contributed by atoms with E-state index in [0.29, 0.717) is 16.2 Å². The number of carbonyl (C=O) groups excluding carboxylic acids is 1. The number of hydrogen-bond acceptors (Lipinski definition) is 4. The van der Waals surface area contributed by atoms with Crippen LogP contribution >= 0.6 is 11.8 Å². The standard InChI is InChI=1S/C17H14F2N2O2S/c1-23-16-5-3-2-4-12(16)15(9-20)21-17(22)10-24-11-6-7-13(18)14(19)8-11/h2-8,15H,10H2,1H3,(H,21,22)/t15-/m1/s1. The summed E-state index contributed by atoms with van der Waals surface area (Å²) in [6.45, 7) is 0. The zero-order valence-electron chi connectivity index (χ0n) is 12.8. The molecule has 24 heavy (non-hydrogen) atoms. The molecule has 0 spiro atoms. The van der Waals surface area contributed by atoms with Crippen molar-refractivity contribution in [3.63, 3.8) is 0 Å². The monoisotopic (exact) mass is 348 g/mol. The Morgan fingerprint density at radius 1 is 1.29 bits per heavy atom. The van der Waals surface area contributed by atoms with Crippen molar-refractivity contribution in [2.75, 3.05) is 12.9 Å². The molecule has 0 saturated heterocycles. The summed E-state index contributed by atoms with van der Waals surface area (Å²) in [4.78, 5) is 12.4. The van der Waals surface area contributed by atoms with E-state index in [1.807, 2.05) is 6.07 Å². The Morgan fingerprint density at radius 3 is 2.71 bits per heavy atom. The fourth-order valence-corrected chi connectivity index (χ4v) is 2.73. The number of methoxy groups -OCH3 is 1. The third-order valence-electron chi connectivity index (χ3n) is 3.15. The quantitative estimate of drug-likeness (QED) is 0.812. The van der Waals surface area contributed by atoms with Crippen LogP contribution in [0.5, 0.6) is 5.75 Å². The Hall–Kier alpha value is -2.59. The van der Waals surface area contributed by atoms with Crippen LogP contribution in [0.2, 0.25) is 0 Å². The number of nitrogens with zero attached hydrogens (tertiary/aromatic N) is 1. The summed E-state index contributed by atoms with van der Waals surface area (Å²) in [6, 6.07) is 11.4. The van der Waals surface area contributed by atoms with Crippen LogP contribution in [0.4, 0.5) is 8.78 Å². The Balaban J connectivity index is 1.99. The molecule has 4 nitrogen and oxygen atoms in total. The second-order valence-corrected chi connectivity index (χ2v) is 5.78. The molecule has 0 heterocycles. The van der Waals surface area contributed by atoms with Gasteiger partial charge in [0.15, 0.2) is 11.6 Å². The molecular formula is C17H14F2N2O2S. The fraction of sp³-hybridized carbons (Fsp3) is 0.176. The highest BCUT2D eigenvalue weighted by Gasteiger charge is 2.17. The number of hydrogen-bond donors (Lipinski definition) is 1. The molecule has 0 aliphatic heterocycles. The van der Waals surface area contributed by atoms with Gasteiger partial charge < -0.3 is 10.1 Å². The van der Waals surface area contributed by atoms with E-state index in [0.717, 1.165) is 23.9 Å². The average Bonchev–Trinajstić information content (AvgIpc) is 2.60. The van der Waals surface area contributed by atoms with E-state index >= 15 is 0 Å². The molecule has 124 valence electrons. The SMILES string of the molecule is COc1ccccc1[C@@H](C#N)NC(=O)CSc1ccc(F)c(F)c1. The van der Waals surface area contributed by atoms with E-state index in [9.17, 15) is 18.8 Å². The van der Waals surface area contributed by atoms with Crippen molar-refractivity contribution in [1.29, 1.82) is 5.26 Å². The Morgan fingerprint density at radius 2 is 2.04 bits per heavy atom. The van der Waals surface area contributed by atoms with Crippen LogP contribution in [0.15, 0.2) is 47.4 Å². The van der Waals surface area contributed by atoms with Gasteiger partial charge in [0, 0.05) is 10.5 Å². The average molecular weight is 348 g/mol. The summed E-state index contributed by atoms with van der Waals surface area (Å²) in [5.41, 5.74) is 0.550. The topological polar surface area (TPSA) is 62.1 Å². The summed E-state index contributed by atoms with van der Waals surface area (Å²) in [5, 5.41) is 11.9. The van der Waals surface area contributed by atoms with Gasteiger partial charge in [-0.3, -0.25) is 4.79 Å². The number of rotatable bonds is 6. The minimum atomic E-state index is -0.968. The molecule has 0 radical (unpaired) electrons. The number of ether oxygens (including phenoxy) is 1. The largest absolute Gasteiger partial charge is 0.496 e. The van der Waals surface area contributed by atoms with Gasteiger partial charge in [-0.05, 0) is 24.3 Å². The lowest BCUT2D eigenvalue weighted by molar-refractivity contribution is -0.118. The van der Waals surface area contributed by atoms with Gasteiger partial charge in [-0.25, -0.2) is 8.78 Å². The van der Waals surface area contributed by atoms with E-state index in [1.165, 1.54) is 13.2 Å². The first-order valence-corrected chi connectivity index (χ1v) is 7.93. The van der Waals surface area contributed by atoms with Gasteiger partial charge in [-0.2, -0.15) is 5.26 Å². The van der Waals surface area contributed by atoms with Crippen LogP contribution in [0.25, 0.3) is 0 Å². The Kier molecular flexibility index (Phi) is 6.15. The Bertz CT molecular complexity index is 777. The third kappa shape index (κ3) is 4.46. The number of halogens is 2. The van der Waals surface area contributed by atoms with Crippen molar-refractivity contribution in [2.45, 2.75) is 10.9 Å². The van der Waals surface area contributed by atoms with E-state index in [-0.39, 0.29) is 5.75 Å². The molecule has 7 heteroatoms. The van der Waals surface area contributed by atoms with E-state index in [1.54, 1.807) is 24.3 Å². The summed E-state index contributed by atoms with van der Waals surface area (Å²) in [6.07, 6.45) is 0. The van der Waals surface area contributed by atoms with Gasteiger partial charge in [0.25, 0.3) is 0 Å². The maximum Gasteiger partial charge on any atom is 0.231 e. The van der Waals surface area contributed by atoms with Gasteiger partial charge in [0.05, 0.1) is 18.9 Å². The molecule has 1 amide bonds. The smallest absolute Gasteiger partial charge is 0.231 e. The van der Waals surface area contributed by atoms with E-state index < -0.39 is 23.6 Å². The van der Waals surface area contributed by atoms with Crippen LogP contribution in [0, 0.1) is 23.0 Å². The molecule has 1 atom stereocenters. The summed E-state index contributed by atoms with van der Waals surface area (Å²) >= 11 is 1.05. The minimum absolute atomic E-state index is 0.0294. The van der Waals surface area contributed by atoms with Crippen molar-refractivity contribution in [3.05, 3.63) is 59.7 Å².